The molecule has 6 heteroatoms. The molecule has 2 unspecified atom stereocenters. The molecule has 1 amide bonds. The number of nitrogens with one attached hydrogen (secondary N) is 1. The minimum absolute atomic E-state index is 0.00657. The van der Waals surface area contributed by atoms with Crippen molar-refractivity contribution < 1.29 is 24.5 Å². The minimum atomic E-state index is -0.849. The lowest BCUT2D eigenvalue weighted by Gasteiger charge is -2.20. The highest BCUT2D eigenvalue weighted by Crippen LogP contribution is 2.15. The van der Waals surface area contributed by atoms with E-state index in [0.29, 0.717) is 19.4 Å². The Balaban J connectivity index is 3.46. The largest absolute Gasteiger partial charge is 0.466 e. The summed E-state index contributed by atoms with van der Waals surface area (Å²) < 4.78 is 5.46. The van der Waals surface area contributed by atoms with E-state index in [2.05, 4.69) is 43.5 Å². The Hall–Kier alpha value is -1.92. The Morgan fingerprint density at radius 1 is 0.452 bits per heavy atom. The second-order valence-corrected chi connectivity index (χ2v) is 18.6. The molecule has 0 bridgehead atoms. The molecule has 0 spiro atoms. The predicted octanol–water partition coefficient (Wildman–Crippen LogP) is 16.5. The second-order valence-electron chi connectivity index (χ2n) is 18.6. The number of carbonyl (C=O) groups excluding carboxylic acids is 2. The van der Waals surface area contributed by atoms with Crippen molar-refractivity contribution in [2.75, 3.05) is 13.2 Å². The zero-order valence-electron chi connectivity index (χ0n) is 41.4. The summed E-state index contributed by atoms with van der Waals surface area (Å²) in [7, 11) is 0. The highest BCUT2D eigenvalue weighted by molar-refractivity contribution is 5.76. The lowest BCUT2D eigenvalue weighted by molar-refractivity contribution is -0.143. The average Bonchev–Trinajstić information content (AvgIpc) is 3.27. The standard InChI is InChI=1S/C56H105NO5/c1-3-5-7-9-11-13-15-30-34-38-42-46-50-56(61)62-51-47-43-39-35-31-28-26-24-22-20-18-16-17-19-21-23-25-27-29-33-37-41-45-49-55(60)57-53(52-58)54(59)48-44-40-36-32-14-12-10-8-6-4-2/h16,18-19,21,44,48,53-54,58-59H,3-15,17,20,22-43,45-47,49-52H2,1-2H3,(H,57,60)/b18-16-,21-19-,48-44+. The van der Waals surface area contributed by atoms with Gasteiger partial charge in [0, 0.05) is 12.8 Å². The van der Waals surface area contributed by atoms with Crippen molar-refractivity contribution in [2.45, 2.75) is 296 Å². The third-order valence-electron chi connectivity index (χ3n) is 12.4. The van der Waals surface area contributed by atoms with Crippen molar-refractivity contribution in [3.8, 4) is 0 Å². The lowest BCUT2D eigenvalue weighted by atomic mass is 10.0. The smallest absolute Gasteiger partial charge is 0.305 e. The van der Waals surface area contributed by atoms with Gasteiger partial charge in [0.1, 0.15) is 0 Å². The van der Waals surface area contributed by atoms with Crippen LogP contribution in [0.15, 0.2) is 36.5 Å². The van der Waals surface area contributed by atoms with Crippen LogP contribution in [0.25, 0.3) is 0 Å². The molecule has 0 aromatic heterocycles. The molecule has 6 nitrogen and oxygen atoms in total. The molecule has 0 fully saturated rings. The van der Waals surface area contributed by atoms with E-state index in [-0.39, 0.29) is 18.5 Å². The van der Waals surface area contributed by atoms with Crippen LogP contribution < -0.4 is 5.32 Å². The number of ether oxygens (including phenoxy) is 1. The van der Waals surface area contributed by atoms with Crippen LogP contribution in [-0.4, -0.2) is 47.4 Å². The van der Waals surface area contributed by atoms with Crippen LogP contribution in [0, 0.1) is 0 Å². The molecule has 0 rings (SSSR count). The van der Waals surface area contributed by atoms with Crippen molar-refractivity contribution in [1.29, 1.82) is 0 Å². The Kier molecular flexibility index (Phi) is 50.1. The Morgan fingerprint density at radius 2 is 0.806 bits per heavy atom. The highest BCUT2D eigenvalue weighted by Gasteiger charge is 2.18. The van der Waals surface area contributed by atoms with Crippen LogP contribution >= 0.6 is 0 Å². The van der Waals surface area contributed by atoms with Gasteiger partial charge < -0.3 is 20.3 Å². The molecule has 62 heavy (non-hydrogen) atoms. The van der Waals surface area contributed by atoms with Gasteiger partial charge >= 0.3 is 5.97 Å². The molecule has 0 aromatic carbocycles. The maximum Gasteiger partial charge on any atom is 0.305 e. The van der Waals surface area contributed by atoms with Gasteiger partial charge in [-0.05, 0) is 64.2 Å². The number of rotatable bonds is 50. The van der Waals surface area contributed by atoms with Crippen LogP contribution in [-0.2, 0) is 14.3 Å². The lowest BCUT2D eigenvalue weighted by Crippen LogP contribution is -2.45. The van der Waals surface area contributed by atoms with Crippen LogP contribution in [0.4, 0.5) is 0 Å². The molecule has 0 aliphatic heterocycles. The zero-order valence-corrected chi connectivity index (χ0v) is 41.4. The van der Waals surface area contributed by atoms with Gasteiger partial charge in [-0.1, -0.05) is 243 Å². The molecule has 3 N–H and O–H groups in total. The Labute approximate surface area is 385 Å². The SMILES string of the molecule is CCCCCCCCCC/C=C/C(O)C(CO)NC(=O)CCCCCCCCC/C=C\C/C=C\CCCCCCCCCCCOC(=O)CCCCCCCCCCCCCC. The molecule has 0 aliphatic rings. The molecule has 0 saturated carbocycles. The van der Waals surface area contributed by atoms with Crippen LogP contribution in [0.3, 0.4) is 0 Å². The van der Waals surface area contributed by atoms with Gasteiger partial charge in [-0.3, -0.25) is 9.59 Å². The molecule has 2 atom stereocenters. The first-order valence-corrected chi connectivity index (χ1v) is 27.3. The van der Waals surface area contributed by atoms with Crippen molar-refractivity contribution in [2.24, 2.45) is 0 Å². The van der Waals surface area contributed by atoms with Gasteiger partial charge in [-0.2, -0.15) is 0 Å². The van der Waals surface area contributed by atoms with Gasteiger partial charge in [0.25, 0.3) is 0 Å². The fourth-order valence-corrected chi connectivity index (χ4v) is 8.19. The normalized spacial score (nSPS) is 12.9. The van der Waals surface area contributed by atoms with Crippen LogP contribution in [0.5, 0.6) is 0 Å². The summed E-state index contributed by atoms with van der Waals surface area (Å²) in [5.41, 5.74) is 0. The summed E-state index contributed by atoms with van der Waals surface area (Å²) in [5, 5.41) is 22.9. The van der Waals surface area contributed by atoms with E-state index in [1.807, 2.05) is 6.08 Å². The average molecular weight is 872 g/mol. The monoisotopic (exact) mass is 872 g/mol. The molecule has 0 saturated heterocycles. The molecule has 364 valence electrons. The van der Waals surface area contributed by atoms with Crippen molar-refractivity contribution in [3.63, 3.8) is 0 Å². The quantitative estimate of drug-likeness (QED) is 0.0321. The molecule has 0 aromatic rings. The number of hydrogen-bond acceptors (Lipinski definition) is 5. The number of hydrogen-bond donors (Lipinski definition) is 3. The number of allylic oxidation sites excluding steroid dienone is 5. The van der Waals surface area contributed by atoms with Crippen LogP contribution in [0.2, 0.25) is 0 Å². The summed E-state index contributed by atoms with van der Waals surface area (Å²) in [6, 6.07) is -0.633. The van der Waals surface area contributed by atoms with E-state index >= 15 is 0 Å². The fraction of sp³-hybridized carbons (Fsp3) is 0.857. The van der Waals surface area contributed by atoms with E-state index in [1.54, 1.807) is 6.08 Å². The first kappa shape index (κ1) is 60.1. The summed E-state index contributed by atoms with van der Waals surface area (Å²) in [6.45, 7) is 4.87. The molecule has 0 aliphatic carbocycles. The maximum atomic E-state index is 12.4. The molecule has 0 heterocycles. The molecule has 0 radical (unpaired) electrons. The van der Waals surface area contributed by atoms with Crippen molar-refractivity contribution >= 4 is 11.9 Å². The zero-order chi connectivity index (χ0) is 45.1. The van der Waals surface area contributed by atoms with Gasteiger partial charge in [0.2, 0.25) is 5.91 Å². The van der Waals surface area contributed by atoms with E-state index in [0.717, 1.165) is 57.8 Å². The minimum Gasteiger partial charge on any atom is -0.466 e. The van der Waals surface area contributed by atoms with E-state index in [9.17, 15) is 19.8 Å². The first-order chi connectivity index (χ1) is 30.5. The Bertz CT molecular complexity index is 1010. The van der Waals surface area contributed by atoms with E-state index in [4.69, 9.17) is 4.74 Å². The number of esters is 1. The number of carbonyl (C=O) groups is 2. The summed E-state index contributed by atoms with van der Waals surface area (Å²) in [5.74, 6) is -0.0743. The van der Waals surface area contributed by atoms with Gasteiger partial charge in [-0.15, -0.1) is 0 Å². The van der Waals surface area contributed by atoms with E-state index < -0.39 is 12.1 Å². The van der Waals surface area contributed by atoms with E-state index in [1.165, 1.54) is 199 Å². The topological polar surface area (TPSA) is 95.9 Å². The predicted molar refractivity (Wildman–Crippen MR) is 269 cm³/mol. The maximum absolute atomic E-state index is 12.4. The number of aliphatic hydroxyl groups excluding tert-OH is 2. The van der Waals surface area contributed by atoms with Gasteiger partial charge in [0.15, 0.2) is 0 Å². The van der Waals surface area contributed by atoms with Crippen molar-refractivity contribution in [1.82, 2.24) is 5.32 Å². The Morgan fingerprint density at radius 3 is 1.23 bits per heavy atom. The van der Waals surface area contributed by atoms with Gasteiger partial charge in [0.05, 0.1) is 25.4 Å². The number of amides is 1. The third kappa shape index (κ3) is 47.6. The number of aliphatic hydroxyl groups is 2. The summed E-state index contributed by atoms with van der Waals surface area (Å²) in [4.78, 5) is 24.4. The van der Waals surface area contributed by atoms with Gasteiger partial charge in [-0.25, -0.2) is 0 Å². The third-order valence-corrected chi connectivity index (χ3v) is 12.4. The highest BCUT2D eigenvalue weighted by atomic mass is 16.5. The summed E-state index contributed by atoms with van der Waals surface area (Å²) >= 11 is 0. The number of unbranched alkanes of at least 4 members (excludes halogenated alkanes) is 35. The second kappa shape index (κ2) is 51.7. The molecular formula is C56H105NO5. The van der Waals surface area contributed by atoms with Crippen LogP contribution in [0.1, 0.15) is 284 Å². The van der Waals surface area contributed by atoms with Crippen molar-refractivity contribution in [3.05, 3.63) is 36.5 Å². The first-order valence-electron chi connectivity index (χ1n) is 27.3. The molecular weight excluding hydrogens is 767 g/mol. The fourth-order valence-electron chi connectivity index (χ4n) is 8.19. The summed E-state index contributed by atoms with van der Waals surface area (Å²) in [6.07, 6.45) is 63.1.